The lowest BCUT2D eigenvalue weighted by atomic mass is 9.86. The van der Waals surface area contributed by atoms with Gasteiger partial charge in [-0.05, 0) is 72.9 Å². The van der Waals surface area contributed by atoms with E-state index in [1.165, 1.54) is 44.8 Å². The highest BCUT2D eigenvalue weighted by Crippen LogP contribution is 2.70. The minimum absolute atomic E-state index is 0.0518. The second-order valence-corrected chi connectivity index (χ2v) is 12.4. The molecule has 8 nitrogen and oxygen atoms in total. The molecule has 1 aliphatic heterocycles. The van der Waals surface area contributed by atoms with Crippen LogP contribution in [0.5, 0.6) is 0 Å². The van der Waals surface area contributed by atoms with Crippen LogP contribution in [-0.2, 0) is 22.5 Å². The molecule has 4 aromatic rings. The van der Waals surface area contributed by atoms with Gasteiger partial charge in [0.15, 0.2) is 0 Å². The highest BCUT2D eigenvalue weighted by molar-refractivity contribution is 7.89. The van der Waals surface area contributed by atoms with E-state index in [1.54, 1.807) is 19.2 Å². The molecule has 2 fully saturated rings. The fourth-order valence-corrected chi connectivity index (χ4v) is 7.64. The van der Waals surface area contributed by atoms with Gasteiger partial charge in [-0.25, -0.2) is 12.8 Å². The van der Waals surface area contributed by atoms with E-state index in [-0.39, 0.29) is 22.7 Å². The van der Waals surface area contributed by atoms with Gasteiger partial charge in [0.05, 0.1) is 6.20 Å². The first kappa shape index (κ1) is 25.4. The second-order valence-electron chi connectivity index (χ2n) is 10.5. The Morgan fingerprint density at radius 3 is 2.46 bits per heavy atom. The highest BCUT2D eigenvalue weighted by Gasteiger charge is 2.71. The van der Waals surface area contributed by atoms with Gasteiger partial charge < -0.3 is 10.7 Å². The van der Waals surface area contributed by atoms with Crippen molar-refractivity contribution < 1.29 is 12.8 Å². The SMILES string of the molecule is Cc1ccc([C@@H]2[C@H]3CN(S(=O)(=O)c4cnn(C)n4)C[C@]32c2cc(C=N)c(Nc3ccc(F)cc3)cc2C)cc1. The maximum absolute atomic E-state index is 13.5. The fourth-order valence-electron chi connectivity index (χ4n) is 6.24. The number of sulfonamides is 1. The summed E-state index contributed by atoms with van der Waals surface area (Å²) in [6.07, 6.45) is 2.59. The van der Waals surface area contributed by atoms with Crippen LogP contribution in [-0.4, -0.2) is 47.0 Å². The van der Waals surface area contributed by atoms with Gasteiger partial charge in [-0.1, -0.05) is 29.8 Å². The Morgan fingerprint density at radius 2 is 1.82 bits per heavy atom. The number of piperidine rings is 1. The molecule has 1 saturated carbocycles. The summed E-state index contributed by atoms with van der Waals surface area (Å²) in [7, 11) is -2.21. The third kappa shape index (κ3) is 4.15. The molecule has 0 radical (unpaired) electrons. The van der Waals surface area contributed by atoms with Crippen molar-refractivity contribution in [3.63, 3.8) is 0 Å². The molecule has 10 heteroatoms. The third-order valence-electron chi connectivity index (χ3n) is 8.14. The van der Waals surface area contributed by atoms with Crippen LogP contribution >= 0.6 is 0 Å². The first-order valence-electron chi connectivity index (χ1n) is 12.7. The van der Waals surface area contributed by atoms with E-state index in [0.717, 1.165) is 16.8 Å². The lowest BCUT2D eigenvalue weighted by molar-refractivity contribution is 0.418. The number of fused-ring (bicyclic) bond motifs is 1. The summed E-state index contributed by atoms with van der Waals surface area (Å²) in [6, 6.07) is 18.5. The van der Waals surface area contributed by atoms with Crippen LogP contribution in [0.4, 0.5) is 15.8 Å². The van der Waals surface area contributed by atoms with Crippen molar-refractivity contribution in [1.82, 2.24) is 19.3 Å². The molecule has 0 unspecified atom stereocenters. The summed E-state index contributed by atoms with van der Waals surface area (Å²) in [4.78, 5) is 1.25. The lowest BCUT2D eigenvalue weighted by Crippen LogP contribution is -2.35. The van der Waals surface area contributed by atoms with E-state index in [1.807, 2.05) is 19.1 Å². The average molecular weight is 545 g/mol. The molecule has 1 aliphatic carbocycles. The molecule has 3 atom stereocenters. The van der Waals surface area contributed by atoms with Gasteiger partial charge in [-0.2, -0.15) is 14.2 Å². The van der Waals surface area contributed by atoms with Crippen molar-refractivity contribution in [2.45, 2.75) is 30.2 Å². The molecule has 200 valence electrons. The molecule has 2 N–H and O–H groups in total. The number of aromatic nitrogens is 3. The Balaban J connectivity index is 1.41. The Morgan fingerprint density at radius 1 is 1.10 bits per heavy atom. The normalized spacial score (nSPS) is 22.5. The van der Waals surface area contributed by atoms with Crippen LogP contribution in [0.3, 0.4) is 0 Å². The summed E-state index contributed by atoms with van der Waals surface area (Å²) in [5.74, 6) is -0.0814. The Bertz CT molecular complexity index is 1680. The van der Waals surface area contributed by atoms with Crippen molar-refractivity contribution >= 4 is 27.6 Å². The minimum atomic E-state index is -3.81. The molecule has 6 rings (SSSR count). The highest BCUT2D eigenvalue weighted by atomic mass is 32.2. The number of halogens is 1. The number of anilines is 2. The topological polar surface area (TPSA) is 104 Å². The summed E-state index contributed by atoms with van der Waals surface area (Å²) in [5, 5.41) is 19.4. The predicted molar refractivity (Wildman–Crippen MR) is 148 cm³/mol. The van der Waals surface area contributed by atoms with Crippen LogP contribution < -0.4 is 5.32 Å². The first-order chi connectivity index (χ1) is 18.6. The first-order valence-corrected chi connectivity index (χ1v) is 14.2. The van der Waals surface area contributed by atoms with Crippen LogP contribution in [0.15, 0.2) is 71.9 Å². The monoisotopic (exact) mass is 544 g/mol. The molecular formula is C29H29FN6O2S. The fraction of sp³-hybridized carbons (Fsp3) is 0.276. The number of hydrogen-bond acceptors (Lipinski definition) is 6. The molecule has 0 spiro atoms. The summed E-state index contributed by atoms with van der Waals surface area (Å²) in [6.45, 7) is 4.77. The van der Waals surface area contributed by atoms with E-state index in [9.17, 15) is 12.8 Å². The van der Waals surface area contributed by atoms with Gasteiger partial charge in [0.1, 0.15) is 5.82 Å². The van der Waals surface area contributed by atoms with E-state index < -0.39 is 15.4 Å². The molecule has 1 saturated heterocycles. The van der Waals surface area contributed by atoms with Gasteiger partial charge in [-0.15, -0.1) is 5.10 Å². The van der Waals surface area contributed by atoms with E-state index >= 15 is 0 Å². The van der Waals surface area contributed by atoms with Gasteiger partial charge in [0, 0.05) is 54.6 Å². The molecule has 1 aromatic heterocycles. The molecule has 0 amide bonds. The third-order valence-corrected chi connectivity index (χ3v) is 9.82. The summed E-state index contributed by atoms with van der Waals surface area (Å²) < 4.78 is 41.9. The lowest BCUT2D eigenvalue weighted by Gasteiger charge is -2.25. The summed E-state index contributed by atoms with van der Waals surface area (Å²) >= 11 is 0. The number of hydrogen-bond donors (Lipinski definition) is 2. The van der Waals surface area contributed by atoms with Crippen LogP contribution in [0.25, 0.3) is 0 Å². The molecule has 3 aromatic carbocycles. The summed E-state index contributed by atoms with van der Waals surface area (Å²) in [5.41, 5.74) is 6.10. The molecule has 2 aliphatic rings. The van der Waals surface area contributed by atoms with Gasteiger partial charge >= 0.3 is 0 Å². The van der Waals surface area contributed by atoms with E-state index in [2.05, 4.69) is 46.7 Å². The Hall–Kier alpha value is -3.89. The Labute approximate surface area is 227 Å². The van der Waals surface area contributed by atoms with Crippen molar-refractivity contribution in [3.05, 3.63) is 100 Å². The zero-order valence-electron chi connectivity index (χ0n) is 21.9. The number of nitrogens with zero attached hydrogens (tertiary/aromatic N) is 4. The smallest absolute Gasteiger partial charge is 0.264 e. The van der Waals surface area contributed by atoms with Gasteiger partial charge in [0.25, 0.3) is 10.0 Å². The zero-order chi connectivity index (χ0) is 27.5. The minimum Gasteiger partial charge on any atom is -0.355 e. The Kier molecular flexibility index (Phi) is 5.92. The predicted octanol–water partition coefficient (Wildman–Crippen LogP) is 4.67. The van der Waals surface area contributed by atoms with Crippen molar-refractivity contribution in [1.29, 1.82) is 5.41 Å². The molecule has 39 heavy (non-hydrogen) atoms. The maximum atomic E-state index is 13.5. The van der Waals surface area contributed by atoms with E-state index in [0.29, 0.717) is 24.3 Å². The van der Waals surface area contributed by atoms with Gasteiger partial charge in [0.2, 0.25) is 5.03 Å². The number of aryl methyl sites for hydroxylation is 3. The van der Waals surface area contributed by atoms with Crippen LogP contribution in [0.2, 0.25) is 0 Å². The molecule has 0 bridgehead atoms. The van der Waals surface area contributed by atoms with Crippen molar-refractivity contribution in [3.8, 4) is 0 Å². The van der Waals surface area contributed by atoms with Crippen LogP contribution in [0.1, 0.15) is 33.7 Å². The quantitative estimate of drug-likeness (QED) is 0.329. The van der Waals surface area contributed by atoms with E-state index in [4.69, 9.17) is 5.41 Å². The van der Waals surface area contributed by atoms with Crippen LogP contribution in [0, 0.1) is 31.0 Å². The maximum Gasteiger partial charge on any atom is 0.264 e. The number of rotatable bonds is 7. The molecular weight excluding hydrogens is 515 g/mol. The van der Waals surface area contributed by atoms with Crippen molar-refractivity contribution in [2.24, 2.45) is 13.0 Å². The number of benzene rings is 3. The van der Waals surface area contributed by atoms with Gasteiger partial charge in [-0.3, -0.25) is 0 Å². The zero-order valence-corrected chi connectivity index (χ0v) is 22.7. The second kappa shape index (κ2) is 9.10. The number of nitrogens with one attached hydrogen (secondary N) is 2. The van der Waals surface area contributed by atoms with Crippen molar-refractivity contribution in [2.75, 3.05) is 18.4 Å². The molecule has 2 heterocycles. The average Bonchev–Trinajstić information content (AvgIpc) is 3.20. The largest absolute Gasteiger partial charge is 0.355 e. The standard InChI is InChI=1S/C29H29FN6O2S/c1-18-4-6-20(7-5-18)28-25-16-36(39(37,38)27-15-32-35(3)34-27)17-29(25,28)24-13-21(14-31)26(12-19(24)2)33-23-10-8-22(30)9-11-23/h4-15,25,28,31,33H,16-17H2,1-3H3/t25-,28-,29+/m1/s1.